The van der Waals surface area contributed by atoms with Gasteiger partial charge in [0, 0.05) is 0 Å². The number of ether oxygens (including phenoxy) is 1. The highest BCUT2D eigenvalue weighted by Gasteiger charge is 2.08. The number of benzene rings is 2. The molecule has 0 N–H and O–H groups in total. The van der Waals surface area contributed by atoms with Crippen LogP contribution in [0.5, 0.6) is 5.75 Å². The first kappa shape index (κ1) is 13.1. The Morgan fingerprint density at radius 1 is 1.11 bits per heavy atom. The van der Waals surface area contributed by atoms with Crippen LogP contribution in [0.2, 0.25) is 0 Å². The lowest BCUT2D eigenvalue weighted by Crippen LogP contribution is -1.88. The first-order valence-corrected chi connectivity index (χ1v) is 6.08. The van der Waals surface area contributed by atoms with Crippen LogP contribution in [0.4, 0.5) is 5.69 Å². The molecule has 0 aromatic heterocycles. The van der Waals surface area contributed by atoms with Crippen molar-refractivity contribution in [2.75, 3.05) is 7.11 Å². The molecule has 0 fully saturated rings. The van der Waals surface area contributed by atoms with Crippen molar-refractivity contribution < 1.29 is 4.74 Å². The normalized spacial score (nSPS) is 10.0. The molecule has 2 aromatic rings. The van der Waals surface area contributed by atoms with Crippen LogP contribution in [0.1, 0.15) is 11.1 Å². The molecule has 0 bridgehead atoms. The Kier molecular flexibility index (Phi) is 3.81. The molecule has 0 unspecified atom stereocenters. The van der Waals surface area contributed by atoms with Crippen molar-refractivity contribution in [3.63, 3.8) is 0 Å². The largest absolute Gasteiger partial charge is 0.497 e. The lowest BCUT2D eigenvalue weighted by Gasteiger charge is -2.11. The van der Waals surface area contributed by atoms with Crippen molar-refractivity contribution >= 4 is 18.5 Å². The fourth-order valence-electron chi connectivity index (χ4n) is 2.18. The lowest BCUT2D eigenvalue weighted by atomic mass is 9.96. The average molecular weight is 251 g/mol. The summed E-state index contributed by atoms with van der Waals surface area (Å²) in [6.07, 6.45) is 1.80. The van der Waals surface area contributed by atoms with E-state index in [1.807, 2.05) is 30.3 Å². The van der Waals surface area contributed by atoms with E-state index in [2.05, 4.69) is 31.3 Å². The minimum atomic E-state index is 0.853. The second kappa shape index (κ2) is 5.53. The van der Waals surface area contributed by atoms with Gasteiger partial charge in [0.05, 0.1) is 12.8 Å². The maximum absolute atomic E-state index is 5.17. The van der Waals surface area contributed by atoms with Gasteiger partial charge in [0.15, 0.2) is 0 Å². The first-order valence-electron chi connectivity index (χ1n) is 6.08. The predicted octanol–water partition coefficient (Wildman–Crippen LogP) is 4.65. The molecule has 2 nitrogen and oxygen atoms in total. The summed E-state index contributed by atoms with van der Waals surface area (Å²) in [6.45, 7) is 9.50. The van der Waals surface area contributed by atoms with Gasteiger partial charge in [0.25, 0.3) is 0 Å². The molecule has 96 valence electrons. The smallest absolute Gasteiger partial charge is 0.118 e. The average Bonchev–Trinajstić information content (AvgIpc) is 2.47. The SMILES string of the molecule is C=Cc1ccc(-c2ccc(OC)cc2)c(C)c1N=C. The number of methoxy groups -OCH3 is 1. The van der Waals surface area contributed by atoms with Crippen molar-refractivity contribution in [3.05, 3.63) is 54.1 Å². The molecule has 0 aliphatic heterocycles. The number of hydrogen-bond acceptors (Lipinski definition) is 2. The predicted molar refractivity (Wildman–Crippen MR) is 82.5 cm³/mol. The van der Waals surface area contributed by atoms with Crippen molar-refractivity contribution in [1.82, 2.24) is 0 Å². The summed E-state index contributed by atoms with van der Waals surface area (Å²) < 4.78 is 5.17. The summed E-state index contributed by atoms with van der Waals surface area (Å²) in [5.74, 6) is 0.853. The van der Waals surface area contributed by atoms with E-state index in [0.717, 1.165) is 33.7 Å². The molecule has 2 heteroatoms. The summed E-state index contributed by atoms with van der Waals surface area (Å²) in [6, 6.07) is 12.1. The van der Waals surface area contributed by atoms with Crippen molar-refractivity contribution in [3.8, 4) is 16.9 Å². The molecular formula is C17H17NO. The van der Waals surface area contributed by atoms with E-state index in [9.17, 15) is 0 Å². The Labute approximate surface area is 114 Å². The van der Waals surface area contributed by atoms with Crippen molar-refractivity contribution in [2.24, 2.45) is 4.99 Å². The Morgan fingerprint density at radius 2 is 1.79 bits per heavy atom. The van der Waals surface area contributed by atoms with Crippen LogP contribution in [-0.4, -0.2) is 13.8 Å². The molecule has 0 spiro atoms. The van der Waals surface area contributed by atoms with Gasteiger partial charge in [-0.1, -0.05) is 36.9 Å². The maximum Gasteiger partial charge on any atom is 0.118 e. The van der Waals surface area contributed by atoms with Gasteiger partial charge < -0.3 is 4.74 Å². The minimum absolute atomic E-state index is 0.853. The van der Waals surface area contributed by atoms with Gasteiger partial charge in [-0.15, -0.1) is 0 Å². The monoisotopic (exact) mass is 251 g/mol. The molecule has 0 heterocycles. The molecule has 0 aliphatic rings. The summed E-state index contributed by atoms with van der Waals surface area (Å²) in [5, 5.41) is 0. The molecule has 0 aliphatic carbocycles. The molecule has 2 aromatic carbocycles. The number of rotatable bonds is 4. The topological polar surface area (TPSA) is 21.6 Å². The third-order valence-corrected chi connectivity index (χ3v) is 3.24. The zero-order valence-corrected chi connectivity index (χ0v) is 11.3. The zero-order valence-electron chi connectivity index (χ0n) is 11.3. The van der Waals surface area contributed by atoms with Crippen LogP contribution in [0, 0.1) is 6.92 Å². The van der Waals surface area contributed by atoms with E-state index in [4.69, 9.17) is 4.74 Å². The molecule has 0 radical (unpaired) electrons. The van der Waals surface area contributed by atoms with Crippen LogP contribution in [-0.2, 0) is 0 Å². The fourth-order valence-corrected chi connectivity index (χ4v) is 2.18. The van der Waals surface area contributed by atoms with E-state index in [1.54, 1.807) is 13.2 Å². The molecule has 0 saturated carbocycles. The Morgan fingerprint density at radius 3 is 2.32 bits per heavy atom. The molecular weight excluding hydrogens is 234 g/mol. The highest BCUT2D eigenvalue weighted by molar-refractivity contribution is 5.79. The second-order valence-corrected chi connectivity index (χ2v) is 4.27. The van der Waals surface area contributed by atoms with Crippen LogP contribution < -0.4 is 4.74 Å². The highest BCUT2D eigenvalue weighted by Crippen LogP contribution is 2.34. The first-order chi connectivity index (χ1) is 9.21. The lowest BCUT2D eigenvalue weighted by molar-refractivity contribution is 0.415. The van der Waals surface area contributed by atoms with Gasteiger partial charge >= 0.3 is 0 Å². The van der Waals surface area contributed by atoms with Crippen LogP contribution >= 0.6 is 0 Å². The molecule has 0 saturated heterocycles. The molecule has 2 rings (SSSR count). The van der Waals surface area contributed by atoms with E-state index >= 15 is 0 Å². The maximum atomic E-state index is 5.17. The fraction of sp³-hybridized carbons (Fsp3) is 0.118. The molecule has 19 heavy (non-hydrogen) atoms. The van der Waals surface area contributed by atoms with E-state index in [-0.39, 0.29) is 0 Å². The van der Waals surface area contributed by atoms with Crippen LogP contribution in [0.3, 0.4) is 0 Å². The summed E-state index contributed by atoms with van der Waals surface area (Å²) in [5.41, 5.74) is 5.29. The van der Waals surface area contributed by atoms with E-state index < -0.39 is 0 Å². The van der Waals surface area contributed by atoms with Gasteiger partial charge in [-0.05, 0) is 48.0 Å². The van der Waals surface area contributed by atoms with Gasteiger partial charge in [-0.25, -0.2) is 0 Å². The number of nitrogens with zero attached hydrogens (tertiary/aromatic N) is 1. The Balaban J connectivity index is 2.55. The van der Waals surface area contributed by atoms with Gasteiger partial charge in [0.2, 0.25) is 0 Å². The van der Waals surface area contributed by atoms with E-state index in [1.165, 1.54) is 0 Å². The number of hydrogen-bond donors (Lipinski definition) is 0. The van der Waals surface area contributed by atoms with Crippen molar-refractivity contribution in [2.45, 2.75) is 6.92 Å². The summed E-state index contributed by atoms with van der Waals surface area (Å²) >= 11 is 0. The van der Waals surface area contributed by atoms with Gasteiger partial charge in [0.1, 0.15) is 5.75 Å². The number of aliphatic imine (C=N–C) groups is 1. The molecule has 0 amide bonds. The Hall–Kier alpha value is -2.35. The van der Waals surface area contributed by atoms with Gasteiger partial charge in [-0.2, -0.15) is 0 Å². The minimum Gasteiger partial charge on any atom is -0.497 e. The third kappa shape index (κ3) is 2.43. The quantitative estimate of drug-likeness (QED) is 0.725. The van der Waals surface area contributed by atoms with Crippen molar-refractivity contribution in [1.29, 1.82) is 0 Å². The Bertz CT molecular complexity index is 612. The highest BCUT2D eigenvalue weighted by atomic mass is 16.5. The van der Waals surface area contributed by atoms with Crippen LogP contribution in [0.25, 0.3) is 17.2 Å². The molecule has 0 atom stereocenters. The zero-order chi connectivity index (χ0) is 13.8. The second-order valence-electron chi connectivity index (χ2n) is 4.27. The summed E-state index contributed by atoms with van der Waals surface area (Å²) in [7, 11) is 1.67. The van der Waals surface area contributed by atoms with Gasteiger partial charge in [-0.3, -0.25) is 4.99 Å². The van der Waals surface area contributed by atoms with E-state index in [0.29, 0.717) is 0 Å². The summed E-state index contributed by atoms with van der Waals surface area (Å²) in [4.78, 5) is 4.11. The standard InChI is InChI=1S/C17H17NO/c1-5-13-8-11-16(12(2)17(13)18-3)14-6-9-15(19-4)10-7-14/h5-11H,1,3H2,2,4H3. The van der Waals surface area contributed by atoms with Crippen LogP contribution in [0.15, 0.2) is 48.0 Å². The third-order valence-electron chi connectivity index (χ3n) is 3.24.